The Morgan fingerprint density at radius 3 is 2.59 bits per heavy atom. The number of nitrogens with two attached hydrogens (primary N) is 1. The molecule has 1 aromatic rings. The predicted molar refractivity (Wildman–Crippen MR) is 125 cm³/mol. The van der Waals surface area contributed by atoms with E-state index in [1.165, 1.54) is 18.7 Å². The Kier molecular flexibility index (Phi) is 8.32. The van der Waals surface area contributed by atoms with Gasteiger partial charge in [-0.15, -0.1) is 11.8 Å². The van der Waals surface area contributed by atoms with Crippen LogP contribution in [0.25, 0.3) is 0 Å². The van der Waals surface area contributed by atoms with E-state index in [4.69, 9.17) is 20.4 Å². The minimum absolute atomic E-state index is 0.00419. The zero-order valence-electron chi connectivity index (χ0n) is 19.4. The summed E-state index contributed by atoms with van der Waals surface area (Å²) in [4.78, 5) is 81.4. The van der Waals surface area contributed by atoms with Crippen molar-refractivity contribution in [2.24, 2.45) is 10.6 Å². The van der Waals surface area contributed by atoms with Crippen LogP contribution in [0.2, 0.25) is 0 Å². The van der Waals surface area contributed by atoms with Crippen molar-refractivity contribution in [1.82, 2.24) is 19.6 Å². The molecule has 0 aromatic carbocycles. The quantitative estimate of drug-likeness (QED) is 0.0779. The molecule has 4 atom stereocenters. The van der Waals surface area contributed by atoms with Crippen molar-refractivity contribution >= 4 is 69.6 Å². The fourth-order valence-electron chi connectivity index (χ4n) is 3.28. The van der Waals surface area contributed by atoms with Gasteiger partial charge in [-0.05, 0) is 13.8 Å². The molecule has 37 heavy (non-hydrogen) atoms. The topological polar surface area (TPSA) is 241 Å². The lowest BCUT2D eigenvalue weighted by atomic mass is 9.88. The number of nitrogens with one attached hydrogen (secondary N) is 1. The molecule has 3 unspecified atom stereocenters. The summed E-state index contributed by atoms with van der Waals surface area (Å²) >= 11 is 1.81. The van der Waals surface area contributed by atoms with Crippen molar-refractivity contribution in [2.45, 2.75) is 37.8 Å². The maximum Gasteiger partial charge on any atom is 0.347 e. The van der Waals surface area contributed by atoms with Gasteiger partial charge in [0.25, 0.3) is 5.91 Å². The van der Waals surface area contributed by atoms with Gasteiger partial charge in [0, 0.05) is 23.8 Å². The number of carbonyl (C=O) groups excluding carboxylic acids is 4. The van der Waals surface area contributed by atoms with Gasteiger partial charge in [0.2, 0.25) is 23.5 Å². The van der Waals surface area contributed by atoms with Gasteiger partial charge in [-0.2, -0.15) is 9.36 Å². The third-order valence-electron chi connectivity index (χ3n) is 5.31. The normalized spacial score (nSPS) is 23.8. The zero-order chi connectivity index (χ0) is 27.5. The van der Waals surface area contributed by atoms with Crippen molar-refractivity contribution in [3.8, 4) is 0 Å². The maximum atomic E-state index is 12.9. The number of carboxylic acid groups (broad SMARTS) is 2. The number of hydrogen-bond acceptors (Lipinski definition) is 14. The van der Waals surface area contributed by atoms with Crippen molar-refractivity contribution in [3.63, 3.8) is 0 Å². The molecule has 0 aliphatic carbocycles. The third kappa shape index (κ3) is 6.13. The van der Waals surface area contributed by atoms with Crippen LogP contribution in [0.15, 0.2) is 5.16 Å². The zero-order valence-corrected chi connectivity index (χ0v) is 21.0. The molecule has 200 valence electrons. The number of fused-ring (bicyclic) bond motifs is 1. The van der Waals surface area contributed by atoms with Crippen LogP contribution < -0.4 is 11.1 Å². The Labute approximate surface area is 216 Å². The Morgan fingerprint density at radius 2 is 2.03 bits per heavy atom. The molecule has 2 aliphatic rings. The van der Waals surface area contributed by atoms with E-state index in [1.54, 1.807) is 0 Å². The lowest BCUT2D eigenvalue weighted by Gasteiger charge is -2.53. The highest BCUT2D eigenvalue weighted by Crippen LogP contribution is 2.42. The molecule has 18 heteroatoms. The number of ether oxygens (including phenoxy) is 1. The highest BCUT2D eigenvalue weighted by molar-refractivity contribution is 8.00. The Hall–Kier alpha value is -3.80. The van der Waals surface area contributed by atoms with Gasteiger partial charge in [0.15, 0.2) is 5.13 Å². The fraction of sp³-hybridized carbons (Fsp3) is 0.526. The van der Waals surface area contributed by atoms with E-state index in [9.17, 15) is 33.9 Å². The number of anilines is 1. The molecule has 2 saturated heterocycles. The van der Waals surface area contributed by atoms with E-state index in [2.05, 4.69) is 19.8 Å². The number of oxime groups is 1. The monoisotopic (exact) mass is 558 g/mol. The summed E-state index contributed by atoms with van der Waals surface area (Å²) < 4.78 is 8.84. The second kappa shape index (κ2) is 11.1. The van der Waals surface area contributed by atoms with Crippen molar-refractivity contribution < 1.29 is 48.6 Å². The summed E-state index contributed by atoms with van der Waals surface area (Å²) in [5, 5.41) is 24.1. The van der Waals surface area contributed by atoms with Gasteiger partial charge in [0.05, 0.1) is 0 Å². The van der Waals surface area contributed by atoms with E-state index in [0.29, 0.717) is 0 Å². The van der Waals surface area contributed by atoms with E-state index in [-0.39, 0.29) is 23.3 Å². The van der Waals surface area contributed by atoms with Crippen LogP contribution in [-0.2, 0) is 38.3 Å². The van der Waals surface area contributed by atoms with Crippen LogP contribution in [0.4, 0.5) is 5.13 Å². The second-order valence-electron chi connectivity index (χ2n) is 8.23. The number of Topliss-reactive ketones (excluding diaryl/α,β-unsaturated/α-hetero) is 1. The molecule has 0 spiro atoms. The minimum Gasteiger partial charge on any atom is -0.481 e. The highest BCUT2D eigenvalue weighted by atomic mass is 32.2. The highest BCUT2D eigenvalue weighted by Gasteiger charge is 2.58. The summed E-state index contributed by atoms with van der Waals surface area (Å²) in [7, 11) is 0. The molecule has 2 fully saturated rings. The van der Waals surface area contributed by atoms with Crippen LogP contribution in [0.3, 0.4) is 0 Å². The van der Waals surface area contributed by atoms with Gasteiger partial charge in [-0.25, -0.2) is 4.79 Å². The SMILES string of the molecule is CC(=O)CC(=O)OCC1(C(=O)O)CS[C@@H]2C(NC(=O)C(=NOC(C)C(=O)O)c3nsc(N)n3)C(=O)N2C1. The number of β-lactam (4-membered cyclic amide) rings is 1. The number of amides is 2. The first-order valence-corrected chi connectivity index (χ1v) is 12.3. The lowest BCUT2D eigenvalue weighted by molar-refractivity contribution is -0.165. The summed E-state index contributed by atoms with van der Waals surface area (Å²) in [5.74, 6) is -5.78. The number of aliphatic carboxylic acids is 2. The summed E-state index contributed by atoms with van der Waals surface area (Å²) in [5.41, 5.74) is 3.44. The first kappa shape index (κ1) is 27.8. The predicted octanol–water partition coefficient (Wildman–Crippen LogP) is -1.69. The molecule has 3 heterocycles. The Balaban J connectivity index is 1.70. The molecule has 3 rings (SSSR count). The Morgan fingerprint density at radius 1 is 1.32 bits per heavy atom. The number of hydrogen-bond donors (Lipinski definition) is 4. The number of nitrogen functional groups attached to an aromatic ring is 1. The number of thioether (sulfide) groups is 1. The number of ketones is 1. The van der Waals surface area contributed by atoms with Gasteiger partial charge in [-0.1, -0.05) is 5.16 Å². The molecule has 1 aromatic heterocycles. The van der Waals surface area contributed by atoms with Crippen molar-refractivity contribution in [3.05, 3.63) is 5.82 Å². The molecule has 0 radical (unpaired) electrons. The summed E-state index contributed by atoms with van der Waals surface area (Å²) in [6.45, 7) is 1.55. The standard InChI is InChI=1S/C19H22N6O10S2/c1-7(26)3-9(27)34-5-19(17(32)33)4-25-14(29)11(15(25)36-6-19)21-13(28)10(12-22-18(20)37-24-12)23-35-8(2)16(30)31/h8,11,15H,3-6H2,1-2H3,(H,21,28)(H,30,31)(H,32,33)(H2,20,22,24)/t8?,11?,15-,19?/m1/s1. The average Bonchev–Trinajstić information content (AvgIpc) is 3.26. The molecular formula is C19H22N6O10S2. The number of carboxylic acids is 2. The Bertz CT molecular complexity index is 1170. The number of carbonyl (C=O) groups is 6. The minimum atomic E-state index is -1.60. The van der Waals surface area contributed by atoms with E-state index >= 15 is 0 Å². The van der Waals surface area contributed by atoms with Crippen LogP contribution in [-0.4, -0.2) is 102 Å². The van der Waals surface area contributed by atoms with Crippen molar-refractivity contribution in [1.29, 1.82) is 0 Å². The molecule has 5 N–H and O–H groups in total. The van der Waals surface area contributed by atoms with Gasteiger partial charge >= 0.3 is 17.9 Å². The van der Waals surface area contributed by atoms with E-state index in [0.717, 1.165) is 23.3 Å². The number of rotatable bonds is 11. The van der Waals surface area contributed by atoms with E-state index in [1.807, 2.05) is 0 Å². The lowest BCUT2D eigenvalue weighted by Crippen LogP contribution is -2.74. The van der Waals surface area contributed by atoms with Gasteiger partial charge in [-0.3, -0.25) is 24.0 Å². The average molecular weight is 559 g/mol. The molecule has 0 bridgehead atoms. The second-order valence-corrected chi connectivity index (χ2v) is 10.1. The molecule has 2 amide bonds. The first-order valence-electron chi connectivity index (χ1n) is 10.5. The summed E-state index contributed by atoms with van der Waals surface area (Å²) in [6.07, 6.45) is -1.90. The van der Waals surface area contributed by atoms with Crippen LogP contribution in [0, 0.1) is 5.41 Å². The van der Waals surface area contributed by atoms with Crippen molar-refractivity contribution in [2.75, 3.05) is 24.6 Å². The molecule has 2 aliphatic heterocycles. The first-order chi connectivity index (χ1) is 17.3. The van der Waals surface area contributed by atoms with Crippen LogP contribution >= 0.6 is 23.3 Å². The molecular weight excluding hydrogens is 536 g/mol. The molecule has 16 nitrogen and oxygen atoms in total. The van der Waals surface area contributed by atoms with Gasteiger partial charge < -0.3 is 35.7 Å². The van der Waals surface area contributed by atoms with Crippen LogP contribution in [0.5, 0.6) is 0 Å². The number of esters is 1. The van der Waals surface area contributed by atoms with Crippen LogP contribution in [0.1, 0.15) is 26.1 Å². The smallest absolute Gasteiger partial charge is 0.347 e. The largest absolute Gasteiger partial charge is 0.481 e. The van der Waals surface area contributed by atoms with Gasteiger partial charge in [0.1, 0.15) is 35.6 Å². The summed E-state index contributed by atoms with van der Waals surface area (Å²) in [6, 6.07) is -1.07. The molecule has 0 saturated carbocycles. The number of nitrogens with zero attached hydrogens (tertiary/aromatic N) is 4. The maximum absolute atomic E-state index is 12.9. The number of aromatic nitrogens is 2. The van der Waals surface area contributed by atoms with E-state index < -0.39 is 77.2 Å². The third-order valence-corrected chi connectivity index (χ3v) is 7.44. The fourth-order valence-corrected chi connectivity index (χ4v) is 5.24.